The molecule has 1 aliphatic heterocycles. The summed E-state index contributed by atoms with van der Waals surface area (Å²) in [5.41, 5.74) is 0. The fourth-order valence-corrected chi connectivity index (χ4v) is 3.40. The molecular weight excluding hydrogens is 336 g/mol. The first kappa shape index (κ1) is 18.4. The predicted molar refractivity (Wildman–Crippen MR) is 93.3 cm³/mol. The van der Waals surface area contributed by atoms with E-state index in [1.54, 1.807) is 28.2 Å². The maximum atomic E-state index is 13.4. The van der Waals surface area contributed by atoms with E-state index in [0.29, 0.717) is 24.7 Å². The Morgan fingerprint density at radius 1 is 1.50 bits per heavy atom. The van der Waals surface area contributed by atoms with Gasteiger partial charge in [0.05, 0.1) is 24.9 Å². The van der Waals surface area contributed by atoms with E-state index < -0.39 is 12.1 Å². The van der Waals surface area contributed by atoms with Crippen LogP contribution in [0, 0.1) is 5.92 Å². The minimum atomic E-state index is -0.568. The summed E-state index contributed by atoms with van der Waals surface area (Å²) in [6.07, 6.45) is 5.74. The highest BCUT2D eigenvalue weighted by Crippen LogP contribution is 2.34. The van der Waals surface area contributed by atoms with Gasteiger partial charge in [-0.1, -0.05) is 30.6 Å². The highest BCUT2D eigenvalue weighted by molar-refractivity contribution is 5.81. The lowest BCUT2D eigenvalue weighted by atomic mass is 9.97. The van der Waals surface area contributed by atoms with Crippen LogP contribution in [-0.4, -0.2) is 60.1 Å². The van der Waals surface area contributed by atoms with Crippen LogP contribution in [0.5, 0.6) is 5.88 Å². The first-order valence-electron chi connectivity index (χ1n) is 9.07. The summed E-state index contributed by atoms with van der Waals surface area (Å²) >= 11 is 0. The van der Waals surface area contributed by atoms with Crippen molar-refractivity contribution in [2.24, 2.45) is 5.92 Å². The maximum absolute atomic E-state index is 13.4. The number of carbonyl (C=O) groups excluding carboxylic acids is 1. The van der Waals surface area contributed by atoms with Crippen LogP contribution in [0.1, 0.15) is 51.5 Å². The summed E-state index contributed by atoms with van der Waals surface area (Å²) in [5.74, 6) is 1.04. The molecule has 1 aliphatic rings. The van der Waals surface area contributed by atoms with E-state index >= 15 is 0 Å². The van der Waals surface area contributed by atoms with Crippen LogP contribution < -0.4 is 4.74 Å². The van der Waals surface area contributed by atoms with E-state index in [1.165, 1.54) is 0 Å². The molecule has 2 N–H and O–H groups in total. The van der Waals surface area contributed by atoms with E-state index in [-0.39, 0.29) is 24.4 Å². The number of rotatable bonds is 7. The van der Waals surface area contributed by atoms with E-state index in [4.69, 9.17) is 4.74 Å². The average Bonchev–Trinajstić information content (AvgIpc) is 3.35. The summed E-state index contributed by atoms with van der Waals surface area (Å²) < 4.78 is 6.95. The van der Waals surface area contributed by atoms with Crippen molar-refractivity contribution in [1.29, 1.82) is 0 Å². The molecule has 1 saturated heterocycles. The van der Waals surface area contributed by atoms with E-state index in [2.05, 4.69) is 20.3 Å². The Morgan fingerprint density at radius 3 is 2.96 bits per heavy atom. The predicted octanol–water partition coefficient (Wildman–Crippen LogP) is 1.32. The lowest BCUT2D eigenvalue weighted by Gasteiger charge is -2.30. The number of β-amino-alcohol motifs (C(OH)–C–C–N with tert-alkyl or cyclic N) is 1. The molecule has 26 heavy (non-hydrogen) atoms. The molecular formula is C17H26N6O3. The maximum Gasteiger partial charge on any atom is 0.253 e. The van der Waals surface area contributed by atoms with Crippen molar-refractivity contribution >= 4 is 5.91 Å². The van der Waals surface area contributed by atoms with Crippen LogP contribution in [0.3, 0.4) is 0 Å². The van der Waals surface area contributed by atoms with Gasteiger partial charge in [0.2, 0.25) is 5.91 Å². The first-order chi connectivity index (χ1) is 12.5. The number of aromatic amines is 1. The van der Waals surface area contributed by atoms with Crippen LogP contribution in [-0.2, 0) is 4.79 Å². The van der Waals surface area contributed by atoms with Gasteiger partial charge in [0, 0.05) is 25.4 Å². The minimum absolute atomic E-state index is 0.0497. The van der Waals surface area contributed by atoms with Crippen LogP contribution in [0.2, 0.25) is 0 Å². The second-order valence-electron chi connectivity index (χ2n) is 6.67. The van der Waals surface area contributed by atoms with Crippen LogP contribution in [0.4, 0.5) is 0 Å². The average molecular weight is 362 g/mol. The Labute approximate surface area is 152 Å². The molecule has 2 aromatic rings. The summed E-state index contributed by atoms with van der Waals surface area (Å²) in [7, 11) is 0. The number of likely N-dealkylation sites (tertiary alicyclic amines) is 1. The van der Waals surface area contributed by atoms with Crippen LogP contribution >= 0.6 is 0 Å². The smallest absolute Gasteiger partial charge is 0.253 e. The normalized spacial score (nSPS) is 22.4. The largest absolute Gasteiger partial charge is 0.476 e. The molecule has 9 heteroatoms. The van der Waals surface area contributed by atoms with Gasteiger partial charge in [0.15, 0.2) is 0 Å². The van der Waals surface area contributed by atoms with Crippen LogP contribution in [0.25, 0.3) is 0 Å². The molecule has 3 rings (SSSR count). The zero-order chi connectivity index (χ0) is 18.7. The highest BCUT2D eigenvalue weighted by atomic mass is 16.5. The molecule has 9 nitrogen and oxygen atoms in total. The molecule has 0 saturated carbocycles. The zero-order valence-electron chi connectivity index (χ0n) is 15.4. The number of aliphatic hydroxyl groups is 1. The minimum Gasteiger partial charge on any atom is -0.476 e. The molecule has 142 valence electrons. The van der Waals surface area contributed by atoms with Crippen molar-refractivity contribution in [3.63, 3.8) is 0 Å². The number of carbonyl (C=O) groups is 1. The lowest BCUT2D eigenvalue weighted by molar-refractivity contribution is -0.138. The molecule has 0 bridgehead atoms. The summed E-state index contributed by atoms with van der Waals surface area (Å²) in [6, 6.07) is -0.779. The Bertz CT molecular complexity index is 716. The second-order valence-corrected chi connectivity index (χ2v) is 6.67. The number of aromatic nitrogens is 5. The highest BCUT2D eigenvalue weighted by Gasteiger charge is 2.41. The van der Waals surface area contributed by atoms with Gasteiger partial charge < -0.3 is 19.7 Å². The number of aliphatic hydroxyl groups excluding tert-OH is 1. The Hall–Kier alpha value is -2.42. The standard InChI is InChI=1S/C17H26N6O3/c1-4-11(3)15(23-10-14(20-21-23)26-5-2)17(25)22-9-12(24)8-13(22)16-18-6-7-19-16/h6-7,10-13,15,24H,4-5,8-9H2,1-3H3,(H,18,19)/t11-,12+,13-,15-/m0/s1. The SMILES string of the molecule is CCOc1cn([C@H](C(=O)N2C[C@H](O)C[C@H]2c2ncc[nH]2)[C@@H](C)CC)nn1. The second kappa shape index (κ2) is 7.86. The van der Waals surface area contributed by atoms with Gasteiger partial charge in [-0.25, -0.2) is 9.67 Å². The van der Waals surface area contributed by atoms with Gasteiger partial charge in [0.25, 0.3) is 5.88 Å². The molecule has 4 atom stereocenters. The van der Waals surface area contributed by atoms with Crippen molar-refractivity contribution in [2.45, 2.75) is 51.8 Å². The number of ether oxygens (including phenoxy) is 1. The number of hydrogen-bond acceptors (Lipinski definition) is 6. The molecule has 0 aliphatic carbocycles. The lowest BCUT2D eigenvalue weighted by Crippen LogP contribution is -2.40. The third-order valence-electron chi connectivity index (χ3n) is 4.90. The number of hydrogen-bond donors (Lipinski definition) is 2. The number of nitrogens with zero attached hydrogens (tertiary/aromatic N) is 5. The van der Waals surface area contributed by atoms with Crippen molar-refractivity contribution in [3.8, 4) is 5.88 Å². The molecule has 0 radical (unpaired) electrons. The van der Waals surface area contributed by atoms with Crippen molar-refractivity contribution < 1.29 is 14.6 Å². The molecule has 0 unspecified atom stereocenters. The quantitative estimate of drug-likeness (QED) is 0.769. The van der Waals surface area contributed by atoms with Crippen molar-refractivity contribution in [3.05, 3.63) is 24.4 Å². The van der Waals surface area contributed by atoms with E-state index in [9.17, 15) is 9.90 Å². The van der Waals surface area contributed by atoms with Gasteiger partial charge in [0.1, 0.15) is 11.9 Å². The topological polar surface area (TPSA) is 109 Å². The van der Waals surface area contributed by atoms with Gasteiger partial charge in [-0.3, -0.25) is 4.79 Å². The summed E-state index contributed by atoms with van der Waals surface area (Å²) in [5, 5.41) is 18.2. The first-order valence-corrected chi connectivity index (χ1v) is 9.07. The van der Waals surface area contributed by atoms with Gasteiger partial charge in [-0.15, -0.1) is 0 Å². The number of nitrogens with one attached hydrogen (secondary N) is 1. The fraction of sp³-hybridized carbons (Fsp3) is 0.647. The molecule has 3 heterocycles. The molecule has 2 aromatic heterocycles. The number of imidazole rings is 1. The molecule has 1 amide bonds. The van der Waals surface area contributed by atoms with Gasteiger partial charge in [-0.05, 0) is 12.8 Å². The Morgan fingerprint density at radius 2 is 2.31 bits per heavy atom. The third kappa shape index (κ3) is 3.57. The Balaban J connectivity index is 1.88. The van der Waals surface area contributed by atoms with Gasteiger partial charge >= 0.3 is 0 Å². The van der Waals surface area contributed by atoms with E-state index in [0.717, 1.165) is 6.42 Å². The number of amides is 1. The summed E-state index contributed by atoms with van der Waals surface area (Å²) in [4.78, 5) is 22.4. The zero-order valence-corrected chi connectivity index (χ0v) is 15.4. The fourth-order valence-electron chi connectivity index (χ4n) is 3.40. The van der Waals surface area contributed by atoms with Crippen LogP contribution in [0.15, 0.2) is 18.6 Å². The summed E-state index contributed by atoms with van der Waals surface area (Å²) in [6.45, 7) is 6.69. The molecule has 0 aromatic carbocycles. The van der Waals surface area contributed by atoms with Gasteiger partial charge in [-0.2, -0.15) is 0 Å². The van der Waals surface area contributed by atoms with Crippen molar-refractivity contribution in [1.82, 2.24) is 29.9 Å². The van der Waals surface area contributed by atoms with Crippen molar-refractivity contribution in [2.75, 3.05) is 13.2 Å². The Kier molecular flexibility index (Phi) is 5.55. The molecule has 0 spiro atoms. The molecule has 1 fully saturated rings. The van der Waals surface area contributed by atoms with E-state index in [1.807, 2.05) is 20.8 Å². The number of H-pyrrole nitrogens is 1. The monoisotopic (exact) mass is 362 g/mol. The third-order valence-corrected chi connectivity index (χ3v) is 4.90.